The molecule has 0 atom stereocenters. The molecule has 0 amide bonds. The first kappa shape index (κ1) is 17.3. The second-order valence-corrected chi connectivity index (χ2v) is 6.15. The van der Waals surface area contributed by atoms with E-state index in [1.54, 1.807) is 6.08 Å². The highest BCUT2D eigenvalue weighted by atomic mass is 79.9. The van der Waals surface area contributed by atoms with Crippen molar-refractivity contribution >= 4 is 28.0 Å². The number of esters is 1. The van der Waals surface area contributed by atoms with E-state index in [2.05, 4.69) is 15.9 Å². The SMILES string of the molecule is COC(=O)/C(=C\c1ccc(C)cc1)COc1ccc(C)cc1Br. The van der Waals surface area contributed by atoms with Crippen LogP contribution in [0, 0.1) is 13.8 Å². The lowest BCUT2D eigenvalue weighted by molar-refractivity contribution is -0.136. The summed E-state index contributed by atoms with van der Waals surface area (Å²) in [7, 11) is 1.37. The summed E-state index contributed by atoms with van der Waals surface area (Å²) in [4.78, 5) is 12.0. The maximum atomic E-state index is 12.0. The van der Waals surface area contributed by atoms with Gasteiger partial charge >= 0.3 is 5.97 Å². The number of ether oxygens (including phenoxy) is 2. The summed E-state index contributed by atoms with van der Waals surface area (Å²) < 4.78 is 11.5. The molecule has 0 aliphatic rings. The summed E-state index contributed by atoms with van der Waals surface area (Å²) >= 11 is 3.47. The first-order valence-corrected chi connectivity index (χ1v) is 8.03. The van der Waals surface area contributed by atoms with E-state index in [1.807, 2.05) is 56.3 Å². The molecule has 2 aromatic carbocycles. The molecule has 0 radical (unpaired) electrons. The molecule has 23 heavy (non-hydrogen) atoms. The van der Waals surface area contributed by atoms with Gasteiger partial charge in [-0.3, -0.25) is 0 Å². The third-order valence-corrected chi connectivity index (χ3v) is 3.96. The Kier molecular flexibility index (Phi) is 5.99. The molecule has 0 fully saturated rings. The minimum Gasteiger partial charge on any atom is -0.487 e. The zero-order valence-corrected chi connectivity index (χ0v) is 15.0. The third kappa shape index (κ3) is 4.96. The Labute approximate surface area is 145 Å². The van der Waals surface area contributed by atoms with Crippen LogP contribution in [0.2, 0.25) is 0 Å². The monoisotopic (exact) mass is 374 g/mol. The molecule has 0 bridgehead atoms. The molecule has 0 saturated carbocycles. The molecule has 4 heteroatoms. The highest BCUT2D eigenvalue weighted by molar-refractivity contribution is 9.10. The summed E-state index contributed by atoms with van der Waals surface area (Å²) in [6.45, 7) is 4.17. The Morgan fingerprint density at radius 2 is 1.74 bits per heavy atom. The summed E-state index contributed by atoms with van der Waals surface area (Å²) in [5, 5.41) is 0. The fourth-order valence-electron chi connectivity index (χ4n) is 2.03. The Balaban J connectivity index is 2.19. The summed E-state index contributed by atoms with van der Waals surface area (Å²) in [5.74, 6) is 0.295. The number of rotatable bonds is 5. The van der Waals surface area contributed by atoms with Gasteiger partial charge in [0.15, 0.2) is 0 Å². The Bertz CT molecular complexity index is 718. The van der Waals surface area contributed by atoms with Crippen molar-refractivity contribution in [2.75, 3.05) is 13.7 Å². The minimum atomic E-state index is -0.395. The molecule has 0 heterocycles. The normalized spacial score (nSPS) is 11.2. The fraction of sp³-hybridized carbons (Fsp3) is 0.211. The van der Waals surface area contributed by atoms with E-state index in [0.717, 1.165) is 15.6 Å². The van der Waals surface area contributed by atoms with Gasteiger partial charge in [0.25, 0.3) is 0 Å². The van der Waals surface area contributed by atoms with Crippen LogP contribution >= 0.6 is 15.9 Å². The van der Waals surface area contributed by atoms with Crippen molar-refractivity contribution in [1.29, 1.82) is 0 Å². The van der Waals surface area contributed by atoms with Gasteiger partial charge < -0.3 is 9.47 Å². The Morgan fingerprint density at radius 1 is 1.09 bits per heavy atom. The average molecular weight is 375 g/mol. The first-order valence-electron chi connectivity index (χ1n) is 7.24. The highest BCUT2D eigenvalue weighted by Crippen LogP contribution is 2.26. The number of aryl methyl sites for hydroxylation is 2. The van der Waals surface area contributed by atoms with E-state index in [4.69, 9.17) is 9.47 Å². The molecule has 120 valence electrons. The average Bonchev–Trinajstić information content (AvgIpc) is 2.54. The molecule has 0 spiro atoms. The number of methoxy groups -OCH3 is 1. The second kappa shape index (κ2) is 7.97. The number of halogens is 1. The zero-order valence-electron chi connectivity index (χ0n) is 13.4. The van der Waals surface area contributed by atoms with Crippen molar-refractivity contribution in [2.24, 2.45) is 0 Å². The molecule has 0 N–H and O–H groups in total. The lowest BCUT2D eigenvalue weighted by Crippen LogP contribution is -2.12. The molecule has 0 aliphatic heterocycles. The standard InChI is InChI=1S/C19H19BrO3/c1-13-4-7-15(8-5-13)11-16(19(21)22-3)12-23-18-9-6-14(2)10-17(18)20/h4-11H,12H2,1-3H3/b16-11-. The first-order chi connectivity index (χ1) is 11.0. The van der Waals surface area contributed by atoms with E-state index in [-0.39, 0.29) is 6.61 Å². The van der Waals surface area contributed by atoms with E-state index < -0.39 is 5.97 Å². The topological polar surface area (TPSA) is 35.5 Å². The largest absolute Gasteiger partial charge is 0.487 e. The predicted molar refractivity (Wildman–Crippen MR) is 95.5 cm³/mol. The maximum absolute atomic E-state index is 12.0. The van der Waals surface area contributed by atoms with Crippen molar-refractivity contribution in [3.63, 3.8) is 0 Å². The van der Waals surface area contributed by atoms with Gasteiger partial charge in [0.2, 0.25) is 0 Å². The maximum Gasteiger partial charge on any atom is 0.337 e. The third-order valence-electron chi connectivity index (χ3n) is 3.34. The van der Waals surface area contributed by atoms with Gasteiger partial charge in [0, 0.05) is 0 Å². The van der Waals surface area contributed by atoms with Crippen LogP contribution in [0.4, 0.5) is 0 Å². The number of carbonyl (C=O) groups is 1. The lowest BCUT2D eigenvalue weighted by atomic mass is 10.1. The van der Waals surface area contributed by atoms with Crippen LogP contribution in [-0.4, -0.2) is 19.7 Å². The van der Waals surface area contributed by atoms with Crippen LogP contribution in [0.3, 0.4) is 0 Å². The minimum absolute atomic E-state index is 0.141. The van der Waals surface area contributed by atoms with E-state index in [0.29, 0.717) is 11.3 Å². The van der Waals surface area contributed by atoms with Crippen LogP contribution < -0.4 is 4.74 Å². The van der Waals surface area contributed by atoms with Gasteiger partial charge in [-0.15, -0.1) is 0 Å². The summed E-state index contributed by atoms with van der Waals surface area (Å²) in [6, 6.07) is 13.7. The molecule has 2 aromatic rings. The number of carbonyl (C=O) groups excluding carboxylic acids is 1. The van der Waals surface area contributed by atoms with Gasteiger partial charge in [-0.05, 0) is 59.1 Å². The van der Waals surface area contributed by atoms with Gasteiger partial charge in [-0.2, -0.15) is 0 Å². The Morgan fingerprint density at radius 3 is 2.35 bits per heavy atom. The van der Waals surface area contributed by atoms with Crippen LogP contribution in [0.5, 0.6) is 5.75 Å². The number of hydrogen-bond acceptors (Lipinski definition) is 3. The van der Waals surface area contributed by atoms with Crippen LogP contribution in [0.15, 0.2) is 52.5 Å². The summed E-state index contributed by atoms with van der Waals surface area (Å²) in [5.41, 5.74) is 3.70. The zero-order chi connectivity index (χ0) is 16.8. The van der Waals surface area contributed by atoms with E-state index in [9.17, 15) is 4.79 Å². The van der Waals surface area contributed by atoms with Crippen molar-refractivity contribution in [1.82, 2.24) is 0 Å². The van der Waals surface area contributed by atoms with Crippen molar-refractivity contribution in [2.45, 2.75) is 13.8 Å². The van der Waals surface area contributed by atoms with Crippen LogP contribution in [0.25, 0.3) is 6.08 Å². The second-order valence-electron chi connectivity index (χ2n) is 5.29. The van der Waals surface area contributed by atoms with Crippen LogP contribution in [-0.2, 0) is 9.53 Å². The molecule has 0 saturated heterocycles. The highest BCUT2D eigenvalue weighted by Gasteiger charge is 2.12. The molecule has 0 unspecified atom stereocenters. The van der Waals surface area contributed by atoms with E-state index in [1.165, 1.54) is 12.7 Å². The van der Waals surface area contributed by atoms with Crippen molar-refractivity contribution in [3.05, 3.63) is 69.2 Å². The molecule has 0 aliphatic carbocycles. The van der Waals surface area contributed by atoms with E-state index >= 15 is 0 Å². The number of hydrogen-bond donors (Lipinski definition) is 0. The number of benzene rings is 2. The molecule has 0 aromatic heterocycles. The molecule has 3 nitrogen and oxygen atoms in total. The predicted octanol–water partition coefficient (Wildman–Crippen LogP) is 4.70. The van der Waals surface area contributed by atoms with Crippen LogP contribution in [0.1, 0.15) is 16.7 Å². The smallest absolute Gasteiger partial charge is 0.337 e. The lowest BCUT2D eigenvalue weighted by Gasteiger charge is -2.11. The van der Waals surface area contributed by atoms with Gasteiger partial charge in [-0.1, -0.05) is 35.9 Å². The van der Waals surface area contributed by atoms with Gasteiger partial charge in [-0.25, -0.2) is 4.79 Å². The van der Waals surface area contributed by atoms with Gasteiger partial charge in [0.1, 0.15) is 12.4 Å². The molecule has 2 rings (SSSR count). The van der Waals surface area contributed by atoms with Crippen molar-refractivity contribution < 1.29 is 14.3 Å². The Hall–Kier alpha value is -2.07. The van der Waals surface area contributed by atoms with Crippen molar-refractivity contribution in [3.8, 4) is 5.75 Å². The van der Waals surface area contributed by atoms with Gasteiger partial charge in [0.05, 0.1) is 17.2 Å². The molecular formula is C19H19BrO3. The fourth-order valence-corrected chi connectivity index (χ4v) is 2.64. The summed E-state index contributed by atoms with van der Waals surface area (Å²) in [6.07, 6.45) is 1.79. The molecular weight excluding hydrogens is 356 g/mol. The quantitative estimate of drug-likeness (QED) is 0.561.